The number of anilines is 1. The maximum atomic E-state index is 9.37. The van der Waals surface area contributed by atoms with E-state index in [2.05, 4.69) is 87.7 Å². The fourth-order valence-electron chi connectivity index (χ4n) is 5.65. The van der Waals surface area contributed by atoms with E-state index in [0.717, 1.165) is 31.5 Å². The third kappa shape index (κ3) is 4.02. The summed E-state index contributed by atoms with van der Waals surface area (Å²) in [5.74, 6) is 0. The van der Waals surface area contributed by atoms with E-state index in [9.17, 15) is 5.26 Å². The SMILES string of the molecule is [C-]#[N+]C(C#N)=C1C=C(C=Cc2cc3c4c(c2)C(C)(C)CCN4CCC3(C)C)CC(C)(C)C1. The summed E-state index contributed by atoms with van der Waals surface area (Å²) in [7, 11) is 0. The van der Waals surface area contributed by atoms with Crippen molar-refractivity contribution >= 4 is 11.8 Å². The number of hydrogen-bond donors (Lipinski definition) is 0. The molecule has 3 nitrogen and oxygen atoms in total. The summed E-state index contributed by atoms with van der Waals surface area (Å²) >= 11 is 0. The minimum atomic E-state index is 0.0445. The molecule has 0 aromatic heterocycles. The van der Waals surface area contributed by atoms with Gasteiger partial charge in [-0.1, -0.05) is 59.8 Å². The molecule has 3 aliphatic rings. The van der Waals surface area contributed by atoms with E-state index in [0.29, 0.717) is 0 Å². The first-order valence-corrected chi connectivity index (χ1v) is 11.8. The standard InChI is InChI=1S/C29H35N3/c1-27(2)17-21(14-22(18-27)25(19-30)31-7)9-8-20-15-23-26-24(16-20)29(5,6)11-13-32(26)12-10-28(23,3)4/h8-9,14-16H,10-13,17-18H2,1-6H3. The molecule has 4 rings (SSSR count). The number of nitriles is 1. The Kier molecular flexibility index (Phi) is 5.37. The van der Waals surface area contributed by atoms with Crippen LogP contribution in [-0.2, 0) is 10.8 Å². The van der Waals surface area contributed by atoms with Gasteiger partial charge in [-0.05, 0) is 81.9 Å². The summed E-state index contributed by atoms with van der Waals surface area (Å²) in [4.78, 5) is 6.06. The Bertz CT molecular complexity index is 1070. The number of benzene rings is 1. The van der Waals surface area contributed by atoms with Crippen LogP contribution in [0, 0.1) is 23.3 Å². The molecule has 2 aliphatic heterocycles. The van der Waals surface area contributed by atoms with Crippen LogP contribution in [-0.4, -0.2) is 13.1 Å². The van der Waals surface area contributed by atoms with Gasteiger partial charge in [0.05, 0.1) is 12.6 Å². The number of rotatable bonds is 2. The monoisotopic (exact) mass is 425 g/mol. The molecule has 1 aromatic carbocycles. The van der Waals surface area contributed by atoms with E-state index < -0.39 is 0 Å². The van der Waals surface area contributed by atoms with Crippen molar-refractivity contribution in [3.63, 3.8) is 0 Å². The highest BCUT2D eigenvalue weighted by atomic mass is 15.2. The van der Waals surface area contributed by atoms with Crippen LogP contribution < -0.4 is 4.90 Å². The maximum absolute atomic E-state index is 9.37. The van der Waals surface area contributed by atoms with Gasteiger partial charge in [-0.15, -0.1) is 0 Å². The van der Waals surface area contributed by atoms with Gasteiger partial charge >= 0.3 is 0 Å². The van der Waals surface area contributed by atoms with Crippen LogP contribution in [0.5, 0.6) is 0 Å². The highest BCUT2D eigenvalue weighted by Gasteiger charge is 2.39. The van der Waals surface area contributed by atoms with Crippen molar-refractivity contribution < 1.29 is 0 Å². The van der Waals surface area contributed by atoms with Crippen LogP contribution in [0.15, 0.2) is 41.1 Å². The maximum Gasteiger partial charge on any atom is 0.265 e. The van der Waals surface area contributed by atoms with Gasteiger partial charge < -0.3 is 4.90 Å². The lowest BCUT2D eigenvalue weighted by atomic mass is 9.69. The summed E-state index contributed by atoms with van der Waals surface area (Å²) in [6, 6.07) is 6.88. The average molecular weight is 426 g/mol. The van der Waals surface area contributed by atoms with E-state index in [1.54, 1.807) is 0 Å². The van der Waals surface area contributed by atoms with Crippen LogP contribution in [0.1, 0.15) is 83.9 Å². The van der Waals surface area contributed by atoms with E-state index in [1.165, 1.54) is 40.8 Å². The quantitative estimate of drug-likeness (QED) is 0.367. The highest BCUT2D eigenvalue weighted by molar-refractivity contribution is 5.72. The van der Waals surface area contributed by atoms with Crippen LogP contribution in [0.2, 0.25) is 0 Å². The Morgan fingerprint density at radius 3 is 2.12 bits per heavy atom. The number of hydrogen-bond acceptors (Lipinski definition) is 2. The Morgan fingerprint density at radius 1 is 1.00 bits per heavy atom. The van der Waals surface area contributed by atoms with Crippen LogP contribution in [0.3, 0.4) is 0 Å². The van der Waals surface area contributed by atoms with E-state index in [4.69, 9.17) is 6.57 Å². The lowest BCUT2D eigenvalue weighted by Gasteiger charge is -2.48. The molecule has 0 N–H and O–H groups in total. The Morgan fingerprint density at radius 2 is 1.59 bits per heavy atom. The second-order valence-corrected chi connectivity index (χ2v) is 11.9. The Labute approximate surface area is 193 Å². The van der Waals surface area contributed by atoms with Crippen molar-refractivity contribution in [2.24, 2.45) is 5.41 Å². The van der Waals surface area contributed by atoms with Gasteiger partial charge in [0, 0.05) is 18.8 Å². The summed E-state index contributed by atoms with van der Waals surface area (Å²) in [5, 5.41) is 9.37. The van der Waals surface area contributed by atoms with Gasteiger partial charge in [-0.2, -0.15) is 0 Å². The highest BCUT2D eigenvalue weighted by Crippen LogP contribution is 2.49. The second kappa shape index (κ2) is 7.67. The van der Waals surface area contributed by atoms with Gasteiger partial charge in [0.15, 0.2) is 0 Å². The normalized spacial score (nSPS) is 24.2. The first kappa shape index (κ1) is 22.4. The van der Waals surface area contributed by atoms with E-state index in [-0.39, 0.29) is 21.9 Å². The molecule has 0 radical (unpaired) electrons. The third-order valence-corrected chi connectivity index (χ3v) is 7.64. The van der Waals surface area contributed by atoms with Crippen molar-refractivity contribution in [1.29, 1.82) is 5.26 Å². The van der Waals surface area contributed by atoms with Crippen LogP contribution in [0.25, 0.3) is 10.9 Å². The minimum absolute atomic E-state index is 0.0445. The van der Waals surface area contributed by atoms with Crippen LogP contribution in [0.4, 0.5) is 5.69 Å². The second-order valence-electron chi connectivity index (χ2n) is 11.9. The molecule has 0 amide bonds. The Balaban J connectivity index is 1.79. The van der Waals surface area contributed by atoms with E-state index >= 15 is 0 Å². The van der Waals surface area contributed by atoms with Gasteiger partial charge in [-0.3, -0.25) is 0 Å². The van der Waals surface area contributed by atoms with E-state index in [1.807, 2.05) is 0 Å². The zero-order chi connectivity index (χ0) is 23.3. The zero-order valence-corrected chi connectivity index (χ0v) is 20.5. The number of nitrogens with zero attached hydrogens (tertiary/aromatic N) is 3. The molecule has 166 valence electrons. The molecular formula is C29H35N3. The van der Waals surface area contributed by atoms with Crippen LogP contribution >= 0.6 is 0 Å². The predicted octanol–water partition coefficient (Wildman–Crippen LogP) is 7.31. The summed E-state index contributed by atoms with van der Waals surface area (Å²) in [6.07, 6.45) is 10.6. The van der Waals surface area contributed by atoms with Gasteiger partial charge in [0.25, 0.3) is 5.70 Å². The topological polar surface area (TPSA) is 31.4 Å². The third-order valence-electron chi connectivity index (χ3n) is 7.64. The molecule has 1 aromatic rings. The lowest BCUT2D eigenvalue weighted by molar-refractivity contribution is 0.354. The molecule has 0 atom stereocenters. The fraction of sp³-hybridized carbons (Fsp3) is 0.517. The molecule has 0 spiro atoms. The molecule has 1 aliphatic carbocycles. The summed E-state index contributed by atoms with van der Waals surface area (Å²) < 4.78 is 0. The molecule has 2 heterocycles. The van der Waals surface area contributed by atoms with Crippen molar-refractivity contribution in [2.75, 3.05) is 18.0 Å². The molecule has 0 unspecified atom stereocenters. The summed E-state index contributed by atoms with van der Waals surface area (Å²) in [5.41, 5.74) is 8.38. The van der Waals surface area contributed by atoms with Crippen molar-refractivity contribution in [3.05, 3.63) is 69.2 Å². The average Bonchev–Trinajstić information content (AvgIpc) is 2.71. The smallest absolute Gasteiger partial charge is 0.265 e. The zero-order valence-electron chi connectivity index (χ0n) is 20.5. The molecular weight excluding hydrogens is 390 g/mol. The molecule has 3 heteroatoms. The molecule has 0 saturated heterocycles. The largest absolute Gasteiger partial charge is 0.371 e. The first-order chi connectivity index (χ1) is 15.0. The van der Waals surface area contributed by atoms with Gasteiger partial charge in [0.2, 0.25) is 0 Å². The van der Waals surface area contributed by atoms with Crippen molar-refractivity contribution in [3.8, 4) is 6.07 Å². The molecule has 0 saturated carbocycles. The minimum Gasteiger partial charge on any atom is -0.371 e. The predicted molar refractivity (Wildman–Crippen MR) is 133 cm³/mol. The summed E-state index contributed by atoms with van der Waals surface area (Å²) in [6.45, 7) is 23.6. The van der Waals surface area contributed by atoms with Crippen molar-refractivity contribution in [2.45, 2.75) is 78.1 Å². The van der Waals surface area contributed by atoms with Gasteiger partial charge in [0.1, 0.15) is 0 Å². The lowest BCUT2D eigenvalue weighted by Crippen LogP contribution is -2.44. The molecule has 0 bridgehead atoms. The number of allylic oxidation sites excluding steroid dienone is 5. The molecule has 32 heavy (non-hydrogen) atoms. The van der Waals surface area contributed by atoms with Gasteiger partial charge in [-0.25, -0.2) is 10.1 Å². The van der Waals surface area contributed by atoms with Crippen molar-refractivity contribution in [1.82, 2.24) is 0 Å². The first-order valence-electron chi connectivity index (χ1n) is 11.8. The molecule has 0 fully saturated rings. The Hall–Kier alpha value is -2.78. The fourth-order valence-corrected chi connectivity index (χ4v) is 5.65.